The smallest absolute Gasteiger partial charge is 0.335 e. The van der Waals surface area contributed by atoms with E-state index in [4.69, 9.17) is 16.7 Å². The highest BCUT2D eigenvalue weighted by atomic mass is 35.5. The maximum Gasteiger partial charge on any atom is 0.335 e. The molecule has 0 amide bonds. The summed E-state index contributed by atoms with van der Waals surface area (Å²) < 4.78 is 0. The molecule has 0 spiro atoms. The van der Waals surface area contributed by atoms with Gasteiger partial charge in [-0.05, 0) is 41.5 Å². The molecule has 1 aromatic heterocycles. The average molecular weight is 377 g/mol. The molecule has 4 nitrogen and oxygen atoms in total. The minimum Gasteiger partial charge on any atom is -0.478 e. The van der Waals surface area contributed by atoms with Gasteiger partial charge in [0.05, 0.1) is 16.6 Å². The lowest BCUT2D eigenvalue weighted by molar-refractivity contribution is 0.0697. The van der Waals surface area contributed by atoms with Gasteiger partial charge in [0.2, 0.25) is 0 Å². The summed E-state index contributed by atoms with van der Waals surface area (Å²) in [5.41, 5.74) is 5.04. The Morgan fingerprint density at radius 2 is 1.63 bits per heavy atom. The predicted octanol–water partition coefficient (Wildman–Crippen LogP) is 5.73. The quantitative estimate of drug-likeness (QED) is 0.477. The molecule has 1 unspecified atom stereocenters. The maximum atomic E-state index is 11.1. The summed E-state index contributed by atoms with van der Waals surface area (Å²) in [7, 11) is 0. The van der Waals surface area contributed by atoms with Crippen molar-refractivity contribution in [2.45, 2.75) is 12.8 Å². The van der Waals surface area contributed by atoms with Crippen LogP contribution in [-0.2, 0) is 0 Å². The first-order valence-electron chi connectivity index (χ1n) is 8.60. The van der Waals surface area contributed by atoms with Crippen molar-refractivity contribution < 1.29 is 9.90 Å². The van der Waals surface area contributed by atoms with Crippen LogP contribution in [0, 0.1) is 0 Å². The van der Waals surface area contributed by atoms with Crippen LogP contribution >= 0.6 is 11.6 Å². The number of aromatic amines is 1. The molecule has 5 heteroatoms. The number of aromatic carboxylic acids is 1. The zero-order valence-electron chi connectivity index (χ0n) is 14.6. The van der Waals surface area contributed by atoms with Crippen LogP contribution in [0.2, 0.25) is 5.02 Å². The van der Waals surface area contributed by atoms with Gasteiger partial charge in [-0.3, -0.25) is 0 Å². The number of imidazole rings is 1. The van der Waals surface area contributed by atoms with Crippen molar-refractivity contribution in [1.29, 1.82) is 0 Å². The van der Waals surface area contributed by atoms with Crippen molar-refractivity contribution >= 4 is 28.6 Å². The molecule has 1 heterocycles. The minimum atomic E-state index is -0.956. The van der Waals surface area contributed by atoms with E-state index in [9.17, 15) is 4.79 Å². The van der Waals surface area contributed by atoms with Gasteiger partial charge in [-0.15, -0.1) is 0 Å². The minimum absolute atomic E-state index is 0.229. The van der Waals surface area contributed by atoms with Gasteiger partial charge in [-0.25, -0.2) is 9.78 Å². The first-order chi connectivity index (χ1) is 13.0. The number of carboxylic acid groups (broad SMARTS) is 1. The van der Waals surface area contributed by atoms with Crippen molar-refractivity contribution in [2.24, 2.45) is 0 Å². The van der Waals surface area contributed by atoms with E-state index >= 15 is 0 Å². The molecule has 4 aromatic rings. The zero-order chi connectivity index (χ0) is 19.0. The Bertz CT molecular complexity index is 1120. The number of rotatable bonds is 4. The van der Waals surface area contributed by atoms with Gasteiger partial charge < -0.3 is 10.1 Å². The van der Waals surface area contributed by atoms with Crippen LogP contribution in [0.4, 0.5) is 0 Å². The van der Waals surface area contributed by atoms with Gasteiger partial charge in [0.15, 0.2) is 0 Å². The number of carboxylic acids is 1. The number of hydrogen-bond donors (Lipinski definition) is 2. The predicted molar refractivity (Wildman–Crippen MR) is 107 cm³/mol. The second kappa shape index (κ2) is 6.89. The standard InChI is InChI=1S/C22H17ClN2O2/c1-13(15-6-9-18(23)10-7-15)14-2-4-16(5-3-14)21-24-19-11-8-17(22(26)27)12-20(19)25-21/h2-13H,1H3,(H,24,25)(H,26,27). The lowest BCUT2D eigenvalue weighted by Crippen LogP contribution is -1.95. The van der Waals surface area contributed by atoms with E-state index < -0.39 is 5.97 Å². The molecule has 0 saturated heterocycles. The van der Waals surface area contributed by atoms with Crippen molar-refractivity contribution in [3.63, 3.8) is 0 Å². The van der Waals surface area contributed by atoms with Crippen LogP contribution in [0.1, 0.15) is 34.3 Å². The molecule has 134 valence electrons. The van der Waals surface area contributed by atoms with Crippen LogP contribution in [0.15, 0.2) is 66.7 Å². The number of H-pyrrole nitrogens is 1. The monoisotopic (exact) mass is 376 g/mol. The van der Waals surface area contributed by atoms with E-state index in [2.05, 4.69) is 29.0 Å². The number of nitrogens with zero attached hydrogens (tertiary/aromatic N) is 1. The zero-order valence-corrected chi connectivity index (χ0v) is 15.4. The highest BCUT2D eigenvalue weighted by Crippen LogP contribution is 2.28. The molecule has 27 heavy (non-hydrogen) atoms. The van der Waals surface area contributed by atoms with Gasteiger partial charge in [-0.2, -0.15) is 0 Å². The third kappa shape index (κ3) is 3.44. The molecular weight excluding hydrogens is 360 g/mol. The molecule has 0 aliphatic carbocycles. The second-order valence-corrected chi connectivity index (χ2v) is 6.95. The van der Waals surface area contributed by atoms with Crippen molar-refractivity contribution in [3.8, 4) is 11.4 Å². The van der Waals surface area contributed by atoms with Crippen molar-refractivity contribution in [2.75, 3.05) is 0 Å². The number of hydrogen-bond acceptors (Lipinski definition) is 2. The summed E-state index contributed by atoms with van der Waals surface area (Å²) in [4.78, 5) is 18.9. The van der Waals surface area contributed by atoms with Crippen molar-refractivity contribution in [1.82, 2.24) is 9.97 Å². The van der Waals surface area contributed by atoms with Gasteiger partial charge in [0, 0.05) is 16.5 Å². The first kappa shape index (κ1) is 17.3. The average Bonchev–Trinajstić information content (AvgIpc) is 3.11. The van der Waals surface area contributed by atoms with E-state index in [0.29, 0.717) is 5.52 Å². The fraction of sp³-hybridized carbons (Fsp3) is 0.0909. The van der Waals surface area contributed by atoms with E-state index in [1.54, 1.807) is 18.2 Å². The van der Waals surface area contributed by atoms with E-state index in [1.807, 2.05) is 36.4 Å². The number of aromatic nitrogens is 2. The lowest BCUT2D eigenvalue weighted by atomic mass is 9.92. The number of nitrogens with one attached hydrogen (secondary N) is 1. The highest BCUT2D eigenvalue weighted by Gasteiger charge is 2.11. The molecule has 0 aliphatic rings. The molecule has 1 atom stereocenters. The van der Waals surface area contributed by atoms with E-state index in [-0.39, 0.29) is 11.5 Å². The second-order valence-electron chi connectivity index (χ2n) is 6.52. The van der Waals surface area contributed by atoms with Crippen LogP contribution in [0.25, 0.3) is 22.4 Å². The summed E-state index contributed by atoms with van der Waals surface area (Å²) >= 11 is 5.97. The Balaban J connectivity index is 1.62. The number of fused-ring (bicyclic) bond motifs is 1. The number of benzene rings is 3. The molecule has 2 N–H and O–H groups in total. The largest absolute Gasteiger partial charge is 0.478 e. The molecule has 0 bridgehead atoms. The lowest BCUT2D eigenvalue weighted by Gasteiger charge is -2.13. The Kier molecular flexibility index (Phi) is 4.42. The molecule has 3 aromatic carbocycles. The summed E-state index contributed by atoms with van der Waals surface area (Å²) in [6, 6.07) is 21.0. The van der Waals surface area contributed by atoms with Crippen molar-refractivity contribution in [3.05, 3.63) is 88.4 Å². The van der Waals surface area contributed by atoms with Gasteiger partial charge in [-0.1, -0.05) is 54.9 Å². The molecule has 0 aliphatic heterocycles. The fourth-order valence-corrected chi connectivity index (χ4v) is 3.28. The van der Waals surface area contributed by atoms with Gasteiger partial charge >= 0.3 is 5.97 Å². The maximum absolute atomic E-state index is 11.1. The number of halogens is 1. The summed E-state index contributed by atoms with van der Waals surface area (Å²) in [6.45, 7) is 2.16. The Morgan fingerprint density at radius 1 is 1.00 bits per heavy atom. The molecule has 0 radical (unpaired) electrons. The molecule has 0 saturated carbocycles. The Labute approximate surface area is 161 Å². The topological polar surface area (TPSA) is 66.0 Å². The third-order valence-electron chi connectivity index (χ3n) is 4.78. The van der Waals surface area contributed by atoms with Gasteiger partial charge in [0.1, 0.15) is 5.82 Å². The number of carbonyl (C=O) groups is 1. The Hall–Kier alpha value is -3.11. The normalized spacial score (nSPS) is 12.2. The van der Waals surface area contributed by atoms with Crippen LogP contribution < -0.4 is 0 Å². The van der Waals surface area contributed by atoms with E-state index in [1.165, 1.54) is 11.1 Å². The Morgan fingerprint density at radius 3 is 2.26 bits per heavy atom. The molecular formula is C22H17ClN2O2. The molecule has 0 fully saturated rings. The summed E-state index contributed by atoms with van der Waals surface area (Å²) in [6.07, 6.45) is 0. The summed E-state index contributed by atoms with van der Waals surface area (Å²) in [5.74, 6) is 0.0188. The van der Waals surface area contributed by atoms with Crippen LogP contribution in [0.3, 0.4) is 0 Å². The first-order valence-corrected chi connectivity index (χ1v) is 8.98. The SMILES string of the molecule is CC(c1ccc(Cl)cc1)c1ccc(-c2nc3cc(C(=O)O)ccc3[nH]2)cc1. The summed E-state index contributed by atoms with van der Waals surface area (Å²) in [5, 5.41) is 9.85. The fourth-order valence-electron chi connectivity index (χ4n) is 3.15. The van der Waals surface area contributed by atoms with Crippen LogP contribution in [-0.4, -0.2) is 21.0 Å². The van der Waals surface area contributed by atoms with Gasteiger partial charge in [0.25, 0.3) is 0 Å². The highest BCUT2D eigenvalue weighted by molar-refractivity contribution is 6.30. The van der Waals surface area contributed by atoms with E-state index in [0.717, 1.165) is 21.9 Å². The van der Waals surface area contributed by atoms with Crippen LogP contribution in [0.5, 0.6) is 0 Å². The third-order valence-corrected chi connectivity index (χ3v) is 5.04. The molecule has 4 rings (SSSR count).